The predicted octanol–water partition coefficient (Wildman–Crippen LogP) is 3.28. The molecule has 2 N–H and O–H groups in total. The van der Waals surface area contributed by atoms with Crippen molar-refractivity contribution in [3.8, 4) is 0 Å². The molecule has 0 aromatic heterocycles. The van der Waals surface area contributed by atoms with Gasteiger partial charge in [-0.05, 0) is 56.0 Å². The van der Waals surface area contributed by atoms with Gasteiger partial charge < -0.3 is 10.2 Å². The molecule has 0 unspecified atom stereocenters. The number of hydrogen-bond donors (Lipinski definition) is 2. The second kappa shape index (κ2) is 8.10. The number of hydrogen-bond acceptors (Lipinski definition) is 3. The van der Waals surface area contributed by atoms with Crippen molar-refractivity contribution >= 4 is 21.7 Å². The quantitative estimate of drug-likeness (QED) is 0.845. The van der Waals surface area contributed by atoms with E-state index in [1.165, 1.54) is 0 Å². The van der Waals surface area contributed by atoms with Gasteiger partial charge in [0, 0.05) is 24.8 Å². The van der Waals surface area contributed by atoms with Crippen LogP contribution in [0, 0.1) is 13.8 Å². The molecule has 7 heteroatoms. The first-order chi connectivity index (χ1) is 12.9. The Morgan fingerprint density at radius 2 is 1.67 bits per heavy atom. The molecule has 2 aromatic carbocycles. The minimum absolute atomic E-state index is 0.145. The van der Waals surface area contributed by atoms with Crippen LogP contribution in [0.25, 0.3) is 0 Å². The summed E-state index contributed by atoms with van der Waals surface area (Å²) < 4.78 is 27.6. The first-order valence-corrected chi connectivity index (χ1v) is 10.5. The summed E-state index contributed by atoms with van der Waals surface area (Å²) in [6.07, 6.45) is 1.18. The third-order valence-electron chi connectivity index (χ3n) is 5.00. The molecule has 0 aliphatic carbocycles. The lowest BCUT2D eigenvalue weighted by molar-refractivity contribution is 0.193. The van der Waals surface area contributed by atoms with E-state index in [0.717, 1.165) is 16.8 Å². The molecule has 1 fully saturated rings. The van der Waals surface area contributed by atoms with Crippen LogP contribution < -0.4 is 10.0 Å². The van der Waals surface area contributed by atoms with Gasteiger partial charge in [-0.25, -0.2) is 17.9 Å². The summed E-state index contributed by atoms with van der Waals surface area (Å²) in [6, 6.07) is 13.9. The van der Waals surface area contributed by atoms with Gasteiger partial charge >= 0.3 is 6.03 Å². The molecule has 144 valence electrons. The summed E-state index contributed by atoms with van der Waals surface area (Å²) in [5, 5.41) is 2.96. The minimum Gasteiger partial charge on any atom is -0.324 e. The van der Waals surface area contributed by atoms with Crippen LogP contribution >= 0.6 is 0 Å². The maximum absolute atomic E-state index is 12.5. The summed E-state index contributed by atoms with van der Waals surface area (Å²) in [4.78, 5) is 14.5. The highest BCUT2D eigenvalue weighted by atomic mass is 32.2. The Bertz CT molecular complexity index is 905. The fraction of sp³-hybridized carbons (Fsp3) is 0.350. The number of piperidine rings is 1. The average molecular weight is 388 g/mol. The van der Waals surface area contributed by atoms with Crippen LogP contribution in [0.2, 0.25) is 0 Å². The molecular weight excluding hydrogens is 362 g/mol. The second-order valence-electron chi connectivity index (χ2n) is 6.87. The molecular formula is C20H25N3O3S. The van der Waals surface area contributed by atoms with Gasteiger partial charge in [-0.15, -0.1) is 0 Å². The Morgan fingerprint density at radius 3 is 2.33 bits per heavy atom. The average Bonchev–Trinajstić information content (AvgIpc) is 2.66. The SMILES string of the molecule is Cc1cccc(NC(=O)N2CCC(NS(=O)(=O)c3ccccc3)CC2)c1C. The summed E-state index contributed by atoms with van der Waals surface area (Å²) in [5.74, 6) is 0. The Labute approximate surface area is 160 Å². The van der Waals surface area contributed by atoms with Crippen LogP contribution in [0.5, 0.6) is 0 Å². The second-order valence-corrected chi connectivity index (χ2v) is 8.59. The van der Waals surface area contributed by atoms with E-state index in [0.29, 0.717) is 25.9 Å². The number of rotatable bonds is 4. The van der Waals surface area contributed by atoms with E-state index < -0.39 is 10.0 Å². The zero-order valence-corrected chi connectivity index (χ0v) is 16.4. The molecule has 0 radical (unpaired) electrons. The third kappa shape index (κ3) is 4.67. The number of amides is 2. The molecule has 1 aliphatic heterocycles. The molecule has 1 saturated heterocycles. The number of sulfonamides is 1. The molecule has 0 atom stereocenters. The monoisotopic (exact) mass is 387 g/mol. The summed E-state index contributed by atoms with van der Waals surface area (Å²) in [6.45, 7) is 5.02. The first kappa shape index (κ1) is 19.4. The summed E-state index contributed by atoms with van der Waals surface area (Å²) in [5.41, 5.74) is 2.99. The molecule has 6 nitrogen and oxygen atoms in total. The van der Waals surface area contributed by atoms with Crippen LogP contribution in [0.3, 0.4) is 0 Å². The van der Waals surface area contributed by atoms with E-state index in [2.05, 4.69) is 10.0 Å². The van der Waals surface area contributed by atoms with Crippen molar-refractivity contribution in [3.63, 3.8) is 0 Å². The van der Waals surface area contributed by atoms with E-state index in [4.69, 9.17) is 0 Å². The van der Waals surface area contributed by atoms with E-state index in [1.54, 1.807) is 35.2 Å². The third-order valence-corrected chi connectivity index (χ3v) is 6.54. The van der Waals surface area contributed by atoms with Gasteiger partial charge in [-0.2, -0.15) is 0 Å². The van der Waals surface area contributed by atoms with Crippen molar-refractivity contribution in [2.75, 3.05) is 18.4 Å². The minimum atomic E-state index is -3.53. The standard InChI is InChI=1S/C20H25N3O3S/c1-15-7-6-10-19(16(15)2)21-20(24)23-13-11-17(12-14-23)22-27(25,26)18-8-4-3-5-9-18/h3-10,17,22H,11-14H2,1-2H3,(H,21,24). The Balaban J connectivity index is 1.56. The molecule has 1 aliphatic rings. The topological polar surface area (TPSA) is 78.5 Å². The zero-order valence-electron chi connectivity index (χ0n) is 15.6. The van der Waals surface area contributed by atoms with Crippen molar-refractivity contribution in [2.24, 2.45) is 0 Å². The van der Waals surface area contributed by atoms with Gasteiger partial charge in [-0.3, -0.25) is 0 Å². The molecule has 2 amide bonds. The number of likely N-dealkylation sites (tertiary alicyclic amines) is 1. The van der Waals surface area contributed by atoms with Crippen molar-refractivity contribution in [3.05, 3.63) is 59.7 Å². The molecule has 27 heavy (non-hydrogen) atoms. The van der Waals surface area contributed by atoms with Gasteiger partial charge in [0.1, 0.15) is 0 Å². The fourth-order valence-corrected chi connectivity index (χ4v) is 4.49. The van der Waals surface area contributed by atoms with Gasteiger partial charge in [0.25, 0.3) is 0 Å². The van der Waals surface area contributed by atoms with Crippen molar-refractivity contribution in [1.82, 2.24) is 9.62 Å². The number of carbonyl (C=O) groups is 1. The van der Waals surface area contributed by atoms with Crippen LogP contribution in [-0.2, 0) is 10.0 Å². The van der Waals surface area contributed by atoms with Gasteiger partial charge in [0.05, 0.1) is 4.90 Å². The van der Waals surface area contributed by atoms with Crippen LogP contribution in [0.4, 0.5) is 10.5 Å². The summed E-state index contributed by atoms with van der Waals surface area (Å²) >= 11 is 0. The van der Waals surface area contributed by atoms with Gasteiger partial charge in [-0.1, -0.05) is 30.3 Å². The Morgan fingerprint density at radius 1 is 1.00 bits per heavy atom. The van der Waals surface area contributed by atoms with Crippen molar-refractivity contribution in [2.45, 2.75) is 37.6 Å². The number of benzene rings is 2. The number of nitrogens with zero attached hydrogens (tertiary/aromatic N) is 1. The van der Waals surface area contributed by atoms with Gasteiger partial charge in [0.2, 0.25) is 10.0 Å². The highest BCUT2D eigenvalue weighted by molar-refractivity contribution is 7.89. The zero-order chi connectivity index (χ0) is 19.4. The van der Waals surface area contributed by atoms with Gasteiger partial charge in [0.15, 0.2) is 0 Å². The molecule has 2 aromatic rings. The first-order valence-electron chi connectivity index (χ1n) is 9.06. The molecule has 0 spiro atoms. The van der Waals surface area contributed by atoms with Crippen LogP contribution in [0.1, 0.15) is 24.0 Å². The lowest BCUT2D eigenvalue weighted by Crippen LogP contribution is -2.47. The van der Waals surface area contributed by atoms with E-state index in [1.807, 2.05) is 32.0 Å². The lowest BCUT2D eigenvalue weighted by atomic mass is 10.1. The summed E-state index contributed by atoms with van der Waals surface area (Å²) in [7, 11) is -3.53. The Kier molecular flexibility index (Phi) is 5.82. The maximum atomic E-state index is 12.5. The van der Waals surface area contributed by atoms with Crippen molar-refractivity contribution in [1.29, 1.82) is 0 Å². The fourth-order valence-electron chi connectivity index (χ4n) is 3.17. The van der Waals surface area contributed by atoms with E-state index in [-0.39, 0.29) is 17.0 Å². The number of carbonyl (C=O) groups excluding carboxylic acids is 1. The van der Waals surface area contributed by atoms with E-state index in [9.17, 15) is 13.2 Å². The molecule has 1 heterocycles. The van der Waals surface area contributed by atoms with Crippen LogP contribution in [0.15, 0.2) is 53.4 Å². The number of nitrogens with one attached hydrogen (secondary N) is 2. The number of urea groups is 1. The predicted molar refractivity (Wildman–Crippen MR) is 106 cm³/mol. The molecule has 0 bridgehead atoms. The number of anilines is 1. The molecule has 0 saturated carbocycles. The van der Waals surface area contributed by atoms with Crippen molar-refractivity contribution < 1.29 is 13.2 Å². The largest absolute Gasteiger partial charge is 0.324 e. The maximum Gasteiger partial charge on any atom is 0.321 e. The van der Waals surface area contributed by atoms with E-state index >= 15 is 0 Å². The smallest absolute Gasteiger partial charge is 0.321 e. The highest BCUT2D eigenvalue weighted by Crippen LogP contribution is 2.20. The number of aryl methyl sites for hydroxylation is 1. The highest BCUT2D eigenvalue weighted by Gasteiger charge is 2.26. The normalized spacial score (nSPS) is 15.6. The molecule has 3 rings (SSSR count). The lowest BCUT2D eigenvalue weighted by Gasteiger charge is -2.32. The van der Waals surface area contributed by atoms with Crippen LogP contribution in [-0.4, -0.2) is 38.5 Å². The Hall–Kier alpha value is -2.38.